The summed E-state index contributed by atoms with van der Waals surface area (Å²) in [4.78, 5) is 37.9. The Hall–Kier alpha value is -3.54. The average Bonchev–Trinajstić information content (AvgIpc) is 3.40. The Morgan fingerprint density at radius 3 is 2.69 bits per heavy atom. The number of benzene rings is 2. The van der Waals surface area contributed by atoms with Crippen LogP contribution in [0.4, 0.5) is 5.69 Å². The van der Waals surface area contributed by atoms with Crippen LogP contribution in [0.5, 0.6) is 5.75 Å². The number of carbonyl (C=O) groups excluding carboxylic acids is 2. The topological polar surface area (TPSA) is 108 Å². The van der Waals surface area contributed by atoms with Gasteiger partial charge in [-0.3, -0.25) is 14.3 Å². The molecule has 1 aliphatic rings. The number of Topliss-reactive ketones (excluding diaryl/α,β-unsaturated/α-hetero) is 1. The van der Waals surface area contributed by atoms with Crippen molar-refractivity contribution < 1.29 is 18.7 Å². The molecule has 178 valence electrons. The van der Waals surface area contributed by atoms with Crippen LogP contribution in [-0.4, -0.2) is 33.2 Å². The van der Waals surface area contributed by atoms with Crippen LogP contribution in [0.2, 0.25) is 0 Å². The summed E-state index contributed by atoms with van der Waals surface area (Å²) in [5, 5.41) is 9.00. The fourth-order valence-corrected chi connectivity index (χ4v) is 4.57. The molecule has 1 aliphatic heterocycles. The van der Waals surface area contributed by atoms with Crippen molar-refractivity contribution in [1.29, 1.82) is 0 Å². The van der Waals surface area contributed by atoms with E-state index in [0.717, 1.165) is 28.2 Å². The lowest BCUT2D eigenvalue weighted by Crippen LogP contribution is -2.30. The first kappa shape index (κ1) is 23.2. The van der Waals surface area contributed by atoms with Gasteiger partial charge < -0.3 is 14.1 Å². The van der Waals surface area contributed by atoms with Gasteiger partial charge in [0.15, 0.2) is 0 Å². The predicted octanol–water partition coefficient (Wildman–Crippen LogP) is 3.97. The van der Waals surface area contributed by atoms with Gasteiger partial charge in [0.2, 0.25) is 0 Å². The van der Waals surface area contributed by atoms with E-state index >= 15 is 0 Å². The lowest BCUT2D eigenvalue weighted by molar-refractivity contribution is -0.114. The van der Waals surface area contributed by atoms with Crippen LogP contribution in [0, 0.1) is 3.57 Å². The van der Waals surface area contributed by atoms with Gasteiger partial charge in [-0.05, 0) is 72.2 Å². The zero-order valence-corrected chi connectivity index (χ0v) is 20.8. The number of halogens is 1. The molecule has 0 fully saturated rings. The third-order valence-electron chi connectivity index (χ3n) is 5.78. The molecule has 0 aliphatic carbocycles. The van der Waals surface area contributed by atoms with Crippen LogP contribution in [0.25, 0.3) is 11.0 Å². The predicted molar refractivity (Wildman–Crippen MR) is 137 cm³/mol. The van der Waals surface area contributed by atoms with E-state index in [9.17, 15) is 14.4 Å². The van der Waals surface area contributed by atoms with E-state index in [1.165, 1.54) is 6.07 Å². The summed E-state index contributed by atoms with van der Waals surface area (Å²) in [6, 6.07) is 14.0. The molecule has 4 aromatic rings. The number of ketones is 1. The molecule has 2 aromatic carbocycles. The Morgan fingerprint density at radius 2 is 1.80 bits per heavy atom. The van der Waals surface area contributed by atoms with Crippen molar-refractivity contribution >= 4 is 50.9 Å². The maximum Gasteiger partial charge on any atom is 0.339 e. The second-order valence-electron chi connectivity index (χ2n) is 8.20. The van der Waals surface area contributed by atoms with Crippen molar-refractivity contribution in [2.24, 2.45) is 0 Å². The average molecular weight is 584 g/mol. The minimum absolute atomic E-state index is 0.177. The van der Waals surface area contributed by atoms with Crippen molar-refractivity contribution in [3.63, 3.8) is 0 Å². The van der Waals surface area contributed by atoms with Gasteiger partial charge in [0, 0.05) is 16.7 Å². The quantitative estimate of drug-likeness (QED) is 0.127. The van der Waals surface area contributed by atoms with E-state index in [1.807, 2.05) is 30.5 Å². The first-order chi connectivity index (χ1) is 17.0. The Balaban J connectivity index is 1.10. The SMILES string of the molecule is O=C1C(=O)N(CCCCCn2cc(COc3cc(=O)oc4ccccc34)nn2)c2ccc(I)cc21. The van der Waals surface area contributed by atoms with Gasteiger partial charge in [-0.15, -0.1) is 5.10 Å². The van der Waals surface area contributed by atoms with Crippen LogP contribution >= 0.6 is 22.6 Å². The molecule has 5 rings (SSSR count). The van der Waals surface area contributed by atoms with Crippen LogP contribution in [0.3, 0.4) is 0 Å². The molecule has 2 aromatic heterocycles. The summed E-state index contributed by atoms with van der Waals surface area (Å²) in [5.41, 5.74) is 1.83. The standard InChI is InChI=1S/C25H21IN4O5/c26-16-8-9-20-19(12-16)24(32)25(33)30(20)11-5-1-4-10-29-14-17(27-28-29)15-34-22-13-23(31)35-21-7-3-2-6-18(21)22/h2-3,6-9,12-14H,1,4-5,10-11,15H2. The van der Waals surface area contributed by atoms with Gasteiger partial charge in [-0.25, -0.2) is 4.79 Å². The molecule has 0 bridgehead atoms. The summed E-state index contributed by atoms with van der Waals surface area (Å²) < 4.78 is 13.7. The van der Waals surface area contributed by atoms with Gasteiger partial charge in [0.05, 0.1) is 28.9 Å². The maximum absolute atomic E-state index is 12.3. The first-order valence-corrected chi connectivity index (χ1v) is 12.3. The number of nitrogens with zero attached hydrogens (tertiary/aromatic N) is 4. The van der Waals surface area contributed by atoms with Crippen molar-refractivity contribution in [3.8, 4) is 5.75 Å². The van der Waals surface area contributed by atoms with Crippen molar-refractivity contribution in [1.82, 2.24) is 15.0 Å². The second-order valence-corrected chi connectivity index (χ2v) is 9.44. The normalized spacial score (nSPS) is 13.0. The number of aryl methyl sites for hydroxylation is 1. The summed E-state index contributed by atoms with van der Waals surface area (Å²) >= 11 is 2.14. The highest BCUT2D eigenvalue weighted by molar-refractivity contribution is 14.1. The number of hydrogen-bond acceptors (Lipinski definition) is 7. The fraction of sp³-hybridized carbons (Fsp3) is 0.240. The molecule has 0 radical (unpaired) electrons. The fourth-order valence-electron chi connectivity index (χ4n) is 4.08. The minimum atomic E-state index is -0.472. The van der Waals surface area contributed by atoms with E-state index in [2.05, 4.69) is 32.9 Å². The molecule has 0 atom stereocenters. The van der Waals surface area contributed by atoms with Crippen LogP contribution < -0.4 is 15.3 Å². The molecule has 0 N–H and O–H groups in total. The van der Waals surface area contributed by atoms with E-state index in [-0.39, 0.29) is 6.61 Å². The van der Waals surface area contributed by atoms with Gasteiger partial charge in [-0.1, -0.05) is 17.3 Å². The number of amides is 1. The van der Waals surface area contributed by atoms with Gasteiger partial charge in [-0.2, -0.15) is 0 Å². The molecular formula is C25H21IN4O5. The van der Waals surface area contributed by atoms with Gasteiger partial charge in [0.1, 0.15) is 23.6 Å². The highest BCUT2D eigenvalue weighted by atomic mass is 127. The van der Waals surface area contributed by atoms with Crippen LogP contribution in [0.15, 0.2) is 63.9 Å². The van der Waals surface area contributed by atoms with E-state index in [1.54, 1.807) is 27.8 Å². The number of anilines is 1. The number of aromatic nitrogens is 3. The first-order valence-electron chi connectivity index (χ1n) is 11.2. The van der Waals surface area contributed by atoms with Crippen LogP contribution in [0.1, 0.15) is 35.3 Å². The van der Waals surface area contributed by atoms with E-state index in [4.69, 9.17) is 9.15 Å². The van der Waals surface area contributed by atoms with E-state index in [0.29, 0.717) is 41.4 Å². The molecule has 0 spiro atoms. The smallest absolute Gasteiger partial charge is 0.339 e. The summed E-state index contributed by atoms with van der Waals surface area (Å²) in [5.74, 6) is -0.440. The number of para-hydroxylation sites is 1. The third-order valence-corrected chi connectivity index (χ3v) is 6.45. The number of rotatable bonds is 9. The summed E-state index contributed by atoms with van der Waals surface area (Å²) in [6.45, 7) is 1.36. The molecular weight excluding hydrogens is 563 g/mol. The van der Waals surface area contributed by atoms with Crippen molar-refractivity contribution in [3.05, 3.63) is 80.0 Å². The second kappa shape index (κ2) is 9.98. The molecule has 9 nitrogen and oxygen atoms in total. The number of fused-ring (bicyclic) bond motifs is 2. The molecule has 3 heterocycles. The van der Waals surface area contributed by atoms with Crippen molar-refractivity contribution in [2.45, 2.75) is 32.4 Å². The lowest BCUT2D eigenvalue weighted by Gasteiger charge is -2.16. The molecule has 0 unspecified atom stereocenters. The molecule has 0 saturated carbocycles. The molecule has 0 saturated heterocycles. The maximum atomic E-state index is 12.3. The molecule has 1 amide bonds. The molecule has 10 heteroatoms. The highest BCUT2D eigenvalue weighted by Gasteiger charge is 2.35. The summed E-state index contributed by atoms with van der Waals surface area (Å²) in [7, 11) is 0. The van der Waals surface area contributed by atoms with Gasteiger partial charge >= 0.3 is 5.63 Å². The van der Waals surface area contributed by atoms with Crippen LogP contribution in [-0.2, 0) is 17.9 Å². The Labute approximate surface area is 213 Å². The number of unbranched alkanes of at least 4 members (excludes halogenated alkanes) is 2. The van der Waals surface area contributed by atoms with E-state index < -0.39 is 17.3 Å². The lowest BCUT2D eigenvalue weighted by atomic mass is 10.1. The monoisotopic (exact) mass is 584 g/mol. The number of ether oxygens (including phenoxy) is 1. The zero-order chi connectivity index (χ0) is 24.4. The van der Waals surface area contributed by atoms with Gasteiger partial charge in [0.25, 0.3) is 11.7 Å². The number of hydrogen-bond donors (Lipinski definition) is 0. The van der Waals surface area contributed by atoms with Crippen molar-refractivity contribution in [2.75, 3.05) is 11.4 Å². The Bertz CT molecular complexity index is 1480. The minimum Gasteiger partial charge on any atom is -0.486 e. The number of carbonyl (C=O) groups is 2. The Kier molecular flexibility index (Phi) is 6.62. The zero-order valence-electron chi connectivity index (χ0n) is 18.6. The largest absolute Gasteiger partial charge is 0.486 e. The molecule has 35 heavy (non-hydrogen) atoms. The summed E-state index contributed by atoms with van der Waals surface area (Å²) in [6.07, 6.45) is 4.31. The third kappa shape index (κ3) is 4.97. The Morgan fingerprint density at radius 1 is 0.971 bits per heavy atom. The highest BCUT2D eigenvalue weighted by Crippen LogP contribution is 2.30.